The largest absolute Gasteiger partial charge is 0.497 e. The van der Waals surface area contributed by atoms with Gasteiger partial charge in [0.25, 0.3) is 0 Å². The van der Waals surface area contributed by atoms with Gasteiger partial charge in [0.1, 0.15) is 11.9 Å². The Bertz CT molecular complexity index is 463. The van der Waals surface area contributed by atoms with Crippen LogP contribution in [0.2, 0.25) is 0 Å². The molecule has 1 rings (SSSR count). The van der Waals surface area contributed by atoms with E-state index in [4.69, 9.17) is 9.47 Å². The molecule has 0 aromatic heterocycles. The van der Waals surface area contributed by atoms with Gasteiger partial charge in [-0.05, 0) is 49.8 Å². The molecule has 22 heavy (non-hydrogen) atoms. The number of aliphatic imine (C=N–C) groups is 1. The number of hydrogen-bond donors (Lipinski definition) is 1. The Kier molecular flexibility index (Phi) is 7.96. The van der Waals surface area contributed by atoms with Gasteiger partial charge in [-0.25, -0.2) is 0 Å². The van der Waals surface area contributed by atoms with Crippen molar-refractivity contribution in [2.75, 3.05) is 20.3 Å². The van der Waals surface area contributed by atoms with E-state index < -0.39 is 0 Å². The average Bonchev–Trinajstić information content (AvgIpc) is 2.54. The van der Waals surface area contributed by atoms with Crippen LogP contribution in [0.5, 0.6) is 0 Å². The monoisotopic (exact) mass is 307 g/mol. The number of dihydropyridines is 1. The topological polar surface area (TPSA) is 51.0 Å². The molecule has 0 aromatic carbocycles. The predicted molar refractivity (Wildman–Crippen MR) is 90.9 cm³/mol. The third kappa shape index (κ3) is 5.34. The highest BCUT2D eigenvalue weighted by atomic mass is 16.5. The first-order valence-corrected chi connectivity index (χ1v) is 7.95. The molecule has 0 spiro atoms. The van der Waals surface area contributed by atoms with Gasteiger partial charge in [-0.3, -0.25) is 4.99 Å². The van der Waals surface area contributed by atoms with E-state index in [1.165, 1.54) is 5.57 Å². The predicted octanol–water partition coefficient (Wildman–Crippen LogP) is 3.64. The molecule has 1 heterocycles. The van der Waals surface area contributed by atoms with E-state index in [1.807, 2.05) is 19.9 Å². The van der Waals surface area contributed by atoms with E-state index in [0.717, 1.165) is 37.1 Å². The maximum absolute atomic E-state index is 9.21. The first kappa shape index (κ1) is 18.5. The van der Waals surface area contributed by atoms with E-state index in [0.29, 0.717) is 5.90 Å². The smallest absolute Gasteiger partial charge is 0.212 e. The quantitative estimate of drug-likeness (QED) is 0.550. The number of aliphatic hydroxyl groups is 1. The van der Waals surface area contributed by atoms with Gasteiger partial charge in [0.2, 0.25) is 5.90 Å². The fraction of sp³-hybridized carbons (Fsp3) is 0.611. The molecule has 0 unspecified atom stereocenters. The summed E-state index contributed by atoms with van der Waals surface area (Å²) >= 11 is 0. The molecule has 4 nitrogen and oxygen atoms in total. The minimum atomic E-state index is 0.0838. The first-order valence-electron chi connectivity index (χ1n) is 7.95. The second-order valence-electron chi connectivity index (χ2n) is 5.71. The zero-order chi connectivity index (χ0) is 16.5. The van der Waals surface area contributed by atoms with Gasteiger partial charge >= 0.3 is 0 Å². The minimum Gasteiger partial charge on any atom is -0.497 e. The summed E-state index contributed by atoms with van der Waals surface area (Å²) in [5.41, 5.74) is 2.23. The standard InChI is InChI=1S/C18H29NO3/c1-6-16(21-5)11-15-8-9-19-18(14(15)4)22-17(7-2)10-13(3)12-20/h6,11,13,17,20H,1,7-10,12H2,2-5H3/b16-11+/t13-,17-/m0/s1. The van der Waals surface area contributed by atoms with Crippen LogP contribution in [0.1, 0.15) is 40.0 Å². The highest BCUT2D eigenvalue weighted by molar-refractivity contribution is 5.95. The summed E-state index contributed by atoms with van der Waals surface area (Å²) in [6, 6.07) is 0. The molecule has 0 bridgehead atoms. The molecule has 0 saturated carbocycles. The molecule has 1 aliphatic heterocycles. The van der Waals surface area contributed by atoms with Gasteiger partial charge in [-0.2, -0.15) is 0 Å². The summed E-state index contributed by atoms with van der Waals surface area (Å²) in [6.07, 6.45) is 6.39. The summed E-state index contributed by atoms with van der Waals surface area (Å²) in [5.74, 6) is 1.70. The number of allylic oxidation sites excluding steroid dienone is 2. The molecule has 0 fully saturated rings. The number of methoxy groups -OCH3 is 1. The maximum Gasteiger partial charge on any atom is 0.212 e. The van der Waals surface area contributed by atoms with Crippen molar-refractivity contribution in [1.29, 1.82) is 0 Å². The molecule has 0 aromatic rings. The van der Waals surface area contributed by atoms with Gasteiger partial charge in [0.05, 0.1) is 7.11 Å². The minimum absolute atomic E-state index is 0.0838. The van der Waals surface area contributed by atoms with Crippen molar-refractivity contribution < 1.29 is 14.6 Å². The molecule has 0 radical (unpaired) electrons. The normalized spacial score (nSPS) is 18.6. The molecular weight excluding hydrogens is 278 g/mol. The second kappa shape index (κ2) is 9.46. The Balaban J connectivity index is 2.86. The number of ether oxygens (including phenoxy) is 2. The lowest BCUT2D eigenvalue weighted by Gasteiger charge is -2.24. The molecule has 4 heteroatoms. The summed E-state index contributed by atoms with van der Waals surface area (Å²) in [5, 5.41) is 9.21. The summed E-state index contributed by atoms with van der Waals surface area (Å²) in [6.45, 7) is 10.8. The van der Waals surface area contributed by atoms with Crippen LogP contribution in [-0.2, 0) is 9.47 Å². The summed E-state index contributed by atoms with van der Waals surface area (Å²) < 4.78 is 11.3. The van der Waals surface area contributed by atoms with Crippen molar-refractivity contribution in [3.63, 3.8) is 0 Å². The molecular formula is C18H29NO3. The van der Waals surface area contributed by atoms with Crippen molar-refractivity contribution in [3.8, 4) is 0 Å². The van der Waals surface area contributed by atoms with E-state index >= 15 is 0 Å². The van der Waals surface area contributed by atoms with Crippen molar-refractivity contribution in [2.24, 2.45) is 10.9 Å². The molecule has 0 aliphatic carbocycles. The van der Waals surface area contributed by atoms with Gasteiger partial charge in [-0.15, -0.1) is 0 Å². The summed E-state index contributed by atoms with van der Waals surface area (Å²) in [4.78, 5) is 4.52. The lowest BCUT2D eigenvalue weighted by Crippen LogP contribution is -2.24. The van der Waals surface area contributed by atoms with Crippen LogP contribution in [0.25, 0.3) is 0 Å². The van der Waals surface area contributed by atoms with Gasteiger partial charge < -0.3 is 14.6 Å². The van der Waals surface area contributed by atoms with Crippen molar-refractivity contribution in [1.82, 2.24) is 0 Å². The third-order valence-electron chi connectivity index (χ3n) is 3.90. The van der Waals surface area contributed by atoms with Gasteiger partial charge in [-0.1, -0.05) is 20.4 Å². The molecule has 1 aliphatic rings. The Hall–Kier alpha value is -1.55. The first-order chi connectivity index (χ1) is 10.5. The molecule has 2 atom stereocenters. The zero-order valence-electron chi connectivity index (χ0n) is 14.3. The van der Waals surface area contributed by atoms with E-state index in [2.05, 4.69) is 18.5 Å². The van der Waals surface area contributed by atoms with Crippen LogP contribution in [-0.4, -0.2) is 37.4 Å². The van der Waals surface area contributed by atoms with Crippen LogP contribution in [0, 0.1) is 5.92 Å². The molecule has 124 valence electrons. The fourth-order valence-electron chi connectivity index (χ4n) is 2.38. The van der Waals surface area contributed by atoms with Crippen LogP contribution in [0.15, 0.2) is 40.6 Å². The van der Waals surface area contributed by atoms with E-state index in [9.17, 15) is 5.11 Å². The lowest BCUT2D eigenvalue weighted by atomic mass is 10.0. The number of rotatable bonds is 8. The van der Waals surface area contributed by atoms with E-state index in [-0.39, 0.29) is 18.6 Å². The Morgan fingerprint density at radius 1 is 1.50 bits per heavy atom. The van der Waals surface area contributed by atoms with Gasteiger partial charge in [0.15, 0.2) is 0 Å². The number of hydrogen-bond acceptors (Lipinski definition) is 4. The van der Waals surface area contributed by atoms with Crippen molar-refractivity contribution in [3.05, 3.63) is 35.6 Å². The number of aliphatic hydroxyl groups excluding tert-OH is 1. The molecule has 0 saturated heterocycles. The van der Waals surface area contributed by atoms with E-state index in [1.54, 1.807) is 13.2 Å². The van der Waals surface area contributed by atoms with Crippen molar-refractivity contribution in [2.45, 2.75) is 46.1 Å². The maximum atomic E-state index is 9.21. The Labute approximate surface area is 134 Å². The lowest BCUT2D eigenvalue weighted by molar-refractivity contribution is 0.128. The highest BCUT2D eigenvalue weighted by Gasteiger charge is 2.19. The Morgan fingerprint density at radius 3 is 2.77 bits per heavy atom. The van der Waals surface area contributed by atoms with Crippen LogP contribution >= 0.6 is 0 Å². The SMILES string of the molecule is C=C/C(=C\C1=C(C)C(O[C@@H](CC)C[C@H](C)CO)=NCC1)OC. The third-order valence-corrected chi connectivity index (χ3v) is 3.90. The second-order valence-corrected chi connectivity index (χ2v) is 5.71. The Morgan fingerprint density at radius 2 is 2.23 bits per heavy atom. The highest BCUT2D eigenvalue weighted by Crippen LogP contribution is 2.22. The summed E-state index contributed by atoms with van der Waals surface area (Å²) in [7, 11) is 1.64. The van der Waals surface area contributed by atoms with Crippen molar-refractivity contribution >= 4 is 5.90 Å². The zero-order valence-corrected chi connectivity index (χ0v) is 14.3. The average molecular weight is 307 g/mol. The molecule has 1 N–H and O–H groups in total. The van der Waals surface area contributed by atoms with Gasteiger partial charge in [0, 0.05) is 18.7 Å². The van der Waals surface area contributed by atoms with Crippen LogP contribution in [0.3, 0.4) is 0 Å². The fourth-order valence-corrected chi connectivity index (χ4v) is 2.38. The van der Waals surface area contributed by atoms with Crippen LogP contribution in [0.4, 0.5) is 0 Å². The molecule has 0 amide bonds. The number of nitrogens with zero attached hydrogens (tertiary/aromatic N) is 1. The van der Waals surface area contributed by atoms with Crippen LogP contribution < -0.4 is 0 Å².